The van der Waals surface area contributed by atoms with Crippen LogP contribution in [0, 0.1) is 13.8 Å². The van der Waals surface area contributed by atoms with E-state index in [2.05, 4.69) is 21.6 Å². The Kier molecular flexibility index (Phi) is 6.63. The molecule has 2 aromatic carbocycles. The van der Waals surface area contributed by atoms with Crippen molar-refractivity contribution >= 4 is 29.1 Å². The Morgan fingerprint density at radius 3 is 2.53 bits per heavy atom. The van der Waals surface area contributed by atoms with E-state index in [1.54, 1.807) is 23.0 Å². The second-order valence-electron chi connectivity index (χ2n) is 7.59. The third-order valence-electron chi connectivity index (χ3n) is 5.41. The van der Waals surface area contributed by atoms with Crippen LogP contribution in [0.1, 0.15) is 28.1 Å². The average molecular weight is 468 g/mol. The summed E-state index contributed by atoms with van der Waals surface area (Å²) in [6.45, 7) is 4.97. The Hall–Kier alpha value is -3.09. The van der Waals surface area contributed by atoms with Gasteiger partial charge in [-0.2, -0.15) is 10.2 Å². The molecule has 6 nitrogen and oxygen atoms in total. The Morgan fingerprint density at radius 1 is 1.03 bits per heavy atom. The molecule has 32 heavy (non-hydrogen) atoms. The summed E-state index contributed by atoms with van der Waals surface area (Å²) in [5, 5.41) is 12.9. The van der Waals surface area contributed by atoms with Crippen LogP contribution in [0.15, 0.2) is 60.9 Å². The zero-order valence-electron chi connectivity index (χ0n) is 17.8. The predicted molar refractivity (Wildman–Crippen MR) is 126 cm³/mol. The van der Waals surface area contributed by atoms with E-state index < -0.39 is 0 Å². The molecule has 0 fully saturated rings. The minimum absolute atomic E-state index is 0.0567. The van der Waals surface area contributed by atoms with Gasteiger partial charge in [0.1, 0.15) is 0 Å². The van der Waals surface area contributed by atoms with E-state index in [-0.39, 0.29) is 12.3 Å². The number of nitrogens with one attached hydrogen (secondary N) is 1. The van der Waals surface area contributed by atoms with Gasteiger partial charge in [0.2, 0.25) is 5.91 Å². The minimum atomic E-state index is -0.0567. The summed E-state index contributed by atoms with van der Waals surface area (Å²) in [6, 6.07) is 15.3. The molecule has 0 saturated carbocycles. The molecule has 0 aliphatic rings. The third kappa shape index (κ3) is 4.87. The summed E-state index contributed by atoms with van der Waals surface area (Å²) < 4.78 is 3.66. The molecule has 8 heteroatoms. The SMILES string of the molecule is Cc1nn(-c2ccc(Cl)c(Cl)c2)c(C)c1CC(=O)NCc1ccccc1Cn1cccn1. The number of halogens is 2. The van der Waals surface area contributed by atoms with Gasteiger partial charge >= 0.3 is 0 Å². The highest BCUT2D eigenvalue weighted by molar-refractivity contribution is 6.42. The van der Waals surface area contributed by atoms with E-state index >= 15 is 0 Å². The monoisotopic (exact) mass is 467 g/mol. The standard InChI is InChI=1S/C24H23Cl2N5O/c1-16-21(17(2)31(29-16)20-8-9-22(25)23(26)12-20)13-24(32)27-14-18-6-3-4-7-19(18)15-30-11-5-10-28-30/h3-12H,13-15H2,1-2H3,(H,27,32). The van der Waals surface area contributed by atoms with Crippen LogP contribution in [0.5, 0.6) is 0 Å². The fourth-order valence-corrected chi connectivity index (χ4v) is 3.96. The van der Waals surface area contributed by atoms with Crippen molar-refractivity contribution in [3.05, 3.63) is 99.0 Å². The van der Waals surface area contributed by atoms with Crippen LogP contribution in [0.3, 0.4) is 0 Å². The first-order chi connectivity index (χ1) is 15.4. The highest BCUT2D eigenvalue weighted by atomic mass is 35.5. The Morgan fingerprint density at radius 2 is 1.81 bits per heavy atom. The molecule has 0 aliphatic heterocycles. The molecule has 4 rings (SSSR count). The first-order valence-corrected chi connectivity index (χ1v) is 11.0. The Balaban J connectivity index is 1.45. The largest absolute Gasteiger partial charge is 0.352 e. The van der Waals surface area contributed by atoms with Crippen molar-refractivity contribution in [1.29, 1.82) is 0 Å². The second-order valence-corrected chi connectivity index (χ2v) is 8.40. The van der Waals surface area contributed by atoms with Gasteiger partial charge in [-0.1, -0.05) is 47.5 Å². The number of carbonyl (C=O) groups excluding carboxylic acids is 1. The van der Waals surface area contributed by atoms with Crippen LogP contribution < -0.4 is 5.32 Å². The van der Waals surface area contributed by atoms with Crippen molar-refractivity contribution in [2.24, 2.45) is 0 Å². The van der Waals surface area contributed by atoms with Gasteiger partial charge in [-0.15, -0.1) is 0 Å². The van der Waals surface area contributed by atoms with Gasteiger partial charge in [-0.25, -0.2) is 4.68 Å². The van der Waals surface area contributed by atoms with E-state index in [9.17, 15) is 4.79 Å². The number of amides is 1. The molecule has 2 aromatic heterocycles. The van der Waals surface area contributed by atoms with Crippen LogP contribution in [0.4, 0.5) is 0 Å². The van der Waals surface area contributed by atoms with Crippen LogP contribution >= 0.6 is 23.2 Å². The maximum atomic E-state index is 12.8. The molecule has 164 valence electrons. The summed E-state index contributed by atoms with van der Waals surface area (Å²) in [6.07, 6.45) is 3.93. The van der Waals surface area contributed by atoms with Crippen molar-refractivity contribution in [1.82, 2.24) is 24.9 Å². The van der Waals surface area contributed by atoms with Crippen LogP contribution in [-0.4, -0.2) is 25.5 Å². The zero-order valence-corrected chi connectivity index (χ0v) is 19.4. The van der Waals surface area contributed by atoms with E-state index in [1.807, 2.05) is 55.1 Å². The lowest BCUT2D eigenvalue weighted by molar-refractivity contribution is -0.120. The molecule has 0 spiro atoms. The smallest absolute Gasteiger partial charge is 0.224 e. The van der Waals surface area contributed by atoms with Crippen molar-refractivity contribution in [2.45, 2.75) is 33.4 Å². The summed E-state index contributed by atoms with van der Waals surface area (Å²) in [4.78, 5) is 12.8. The number of rotatable bonds is 7. The molecule has 1 N–H and O–H groups in total. The molecule has 0 unspecified atom stereocenters. The van der Waals surface area contributed by atoms with Crippen molar-refractivity contribution < 1.29 is 4.79 Å². The molecule has 0 radical (unpaired) electrons. The van der Waals surface area contributed by atoms with Crippen molar-refractivity contribution in [3.8, 4) is 5.69 Å². The third-order valence-corrected chi connectivity index (χ3v) is 6.15. The summed E-state index contributed by atoms with van der Waals surface area (Å²) in [7, 11) is 0. The van der Waals surface area contributed by atoms with Crippen molar-refractivity contribution in [3.63, 3.8) is 0 Å². The zero-order chi connectivity index (χ0) is 22.7. The average Bonchev–Trinajstić information content (AvgIpc) is 3.38. The molecule has 0 saturated heterocycles. The lowest BCUT2D eigenvalue weighted by Crippen LogP contribution is -2.25. The molecule has 2 heterocycles. The van der Waals surface area contributed by atoms with Gasteiger partial charge in [0.15, 0.2) is 0 Å². The first kappa shape index (κ1) is 22.1. The van der Waals surface area contributed by atoms with Gasteiger partial charge in [0, 0.05) is 30.2 Å². The van der Waals surface area contributed by atoms with Gasteiger partial charge in [-0.3, -0.25) is 9.48 Å². The van der Waals surface area contributed by atoms with E-state index in [0.29, 0.717) is 23.1 Å². The lowest BCUT2D eigenvalue weighted by Gasteiger charge is -2.11. The number of hydrogen-bond donors (Lipinski definition) is 1. The van der Waals surface area contributed by atoms with Gasteiger partial charge < -0.3 is 5.32 Å². The molecular weight excluding hydrogens is 445 g/mol. The van der Waals surface area contributed by atoms with Gasteiger partial charge in [0.05, 0.1) is 34.4 Å². The van der Waals surface area contributed by atoms with Crippen LogP contribution in [0.25, 0.3) is 5.69 Å². The fourth-order valence-electron chi connectivity index (χ4n) is 3.67. The Bertz CT molecular complexity index is 1250. The number of carbonyl (C=O) groups is 1. The number of benzene rings is 2. The highest BCUT2D eigenvalue weighted by Crippen LogP contribution is 2.26. The van der Waals surface area contributed by atoms with Crippen LogP contribution in [-0.2, 0) is 24.3 Å². The molecular formula is C24H23Cl2N5O. The summed E-state index contributed by atoms with van der Waals surface area (Å²) in [5.41, 5.74) is 5.60. The normalized spacial score (nSPS) is 11.0. The first-order valence-electron chi connectivity index (χ1n) is 10.2. The lowest BCUT2D eigenvalue weighted by atomic mass is 10.1. The Labute approximate surface area is 196 Å². The molecule has 1 amide bonds. The van der Waals surface area contributed by atoms with E-state index in [1.165, 1.54) is 0 Å². The highest BCUT2D eigenvalue weighted by Gasteiger charge is 2.17. The second kappa shape index (κ2) is 9.59. The van der Waals surface area contributed by atoms with Gasteiger partial charge in [-0.05, 0) is 49.2 Å². The minimum Gasteiger partial charge on any atom is -0.352 e. The van der Waals surface area contributed by atoms with Crippen LogP contribution in [0.2, 0.25) is 10.0 Å². The number of aryl methyl sites for hydroxylation is 1. The molecule has 0 bridgehead atoms. The summed E-state index contributed by atoms with van der Waals surface area (Å²) >= 11 is 12.2. The quantitative estimate of drug-likeness (QED) is 0.420. The predicted octanol–water partition coefficient (Wildman–Crippen LogP) is 4.90. The topological polar surface area (TPSA) is 64.7 Å². The molecule has 0 aliphatic carbocycles. The number of aromatic nitrogens is 4. The van der Waals surface area contributed by atoms with Gasteiger partial charge in [0.25, 0.3) is 0 Å². The number of hydrogen-bond acceptors (Lipinski definition) is 3. The maximum Gasteiger partial charge on any atom is 0.224 e. The fraction of sp³-hybridized carbons (Fsp3) is 0.208. The van der Waals surface area contributed by atoms with E-state index in [0.717, 1.165) is 33.8 Å². The maximum absolute atomic E-state index is 12.8. The molecule has 4 aromatic rings. The van der Waals surface area contributed by atoms with Crippen molar-refractivity contribution in [2.75, 3.05) is 0 Å². The number of nitrogens with zero attached hydrogens (tertiary/aromatic N) is 4. The van der Waals surface area contributed by atoms with E-state index in [4.69, 9.17) is 23.2 Å². The summed E-state index contributed by atoms with van der Waals surface area (Å²) in [5.74, 6) is -0.0567. The molecule has 0 atom stereocenters.